The maximum Gasteiger partial charge on any atom is 0.472 e. The van der Waals surface area contributed by atoms with Crippen molar-refractivity contribution >= 4 is 39.5 Å². The van der Waals surface area contributed by atoms with Crippen LogP contribution in [0.25, 0.3) is 0 Å². The highest BCUT2D eigenvalue weighted by Gasteiger charge is 2.30. The number of aliphatic hydroxyl groups is 1. The van der Waals surface area contributed by atoms with E-state index >= 15 is 0 Å². The number of esters is 4. The first-order chi connectivity index (χ1) is 51.9. The molecule has 0 heterocycles. The molecule has 632 valence electrons. The summed E-state index contributed by atoms with van der Waals surface area (Å²) in [4.78, 5) is 73.2. The minimum atomic E-state index is -4.97. The van der Waals surface area contributed by atoms with E-state index in [-0.39, 0.29) is 25.7 Å². The fraction of sp³-hybridized carbons (Fsp3) is 0.909. The second-order valence-electron chi connectivity index (χ2n) is 31.7. The van der Waals surface area contributed by atoms with Crippen molar-refractivity contribution < 1.29 is 80.2 Å². The molecule has 0 aromatic heterocycles. The summed E-state index contributed by atoms with van der Waals surface area (Å²) in [5.41, 5.74) is 0. The molecule has 0 bridgehead atoms. The van der Waals surface area contributed by atoms with E-state index in [9.17, 15) is 43.2 Å². The molecule has 0 aromatic carbocycles. The first-order valence-electron chi connectivity index (χ1n) is 44.8. The zero-order valence-corrected chi connectivity index (χ0v) is 71.7. The predicted molar refractivity (Wildman–Crippen MR) is 441 cm³/mol. The van der Waals surface area contributed by atoms with Gasteiger partial charge >= 0.3 is 39.5 Å². The van der Waals surface area contributed by atoms with Crippen LogP contribution in [0.2, 0.25) is 0 Å². The van der Waals surface area contributed by atoms with Gasteiger partial charge in [0, 0.05) is 25.7 Å². The van der Waals surface area contributed by atoms with E-state index in [1.54, 1.807) is 0 Å². The second-order valence-corrected chi connectivity index (χ2v) is 34.6. The van der Waals surface area contributed by atoms with Gasteiger partial charge in [0.15, 0.2) is 12.2 Å². The molecule has 0 spiro atoms. The number of carbonyl (C=O) groups excluding carboxylic acids is 4. The number of allylic oxidation sites excluding steroid dienone is 4. The summed E-state index contributed by atoms with van der Waals surface area (Å²) >= 11 is 0. The number of aliphatic hydroxyl groups excluding tert-OH is 1. The lowest BCUT2D eigenvalue weighted by atomic mass is 9.99. The molecule has 0 aliphatic rings. The van der Waals surface area contributed by atoms with Crippen molar-refractivity contribution in [1.82, 2.24) is 0 Å². The van der Waals surface area contributed by atoms with Gasteiger partial charge in [0.25, 0.3) is 0 Å². The first kappa shape index (κ1) is 105. The van der Waals surface area contributed by atoms with Gasteiger partial charge in [-0.25, -0.2) is 9.13 Å². The topological polar surface area (TPSA) is 237 Å². The Labute approximate surface area is 656 Å². The molecule has 0 saturated carbocycles. The summed E-state index contributed by atoms with van der Waals surface area (Å²) in [5, 5.41) is 10.7. The SMILES string of the molecule is CCCCCC/C=C\C=C/CCCCCCCC(=O)O[C@H](COC(=O)CCCCCCCCCCCCC)COP(=O)(O)OC[C@H](O)COP(=O)(O)OC[C@@H](COC(=O)CCCCCCCCCCCCCCCCCCC(C)C)OC(=O)CCCCCCCCCCCCCCCCCCCCC(C)CC. The zero-order chi connectivity index (χ0) is 78.5. The highest BCUT2D eigenvalue weighted by Crippen LogP contribution is 2.45. The molecule has 0 aliphatic heterocycles. The normalized spacial score (nSPS) is 14.2. The lowest BCUT2D eigenvalue weighted by Crippen LogP contribution is -2.30. The van der Waals surface area contributed by atoms with E-state index in [0.717, 1.165) is 115 Å². The van der Waals surface area contributed by atoms with Gasteiger partial charge in [-0.05, 0) is 63.2 Å². The van der Waals surface area contributed by atoms with Crippen LogP contribution in [0.1, 0.15) is 446 Å². The van der Waals surface area contributed by atoms with Crippen LogP contribution in [0.3, 0.4) is 0 Å². The molecule has 3 unspecified atom stereocenters. The lowest BCUT2D eigenvalue weighted by Gasteiger charge is -2.21. The number of hydrogen-bond donors (Lipinski definition) is 3. The quantitative estimate of drug-likeness (QED) is 0.0169. The Bertz CT molecular complexity index is 2140. The summed E-state index contributed by atoms with van der Waals surface area (Å²) in [5.74, 6) is -0.449. The number of phosphoric ester groups is 2. The number of carbonyl (C=O) groups is 4. The van der Waals surface area contributed by atoms with Crippen LogP contribution in [0.5, 0.6) is 0 Å². The van der Waals surface area contributed by atoms with Gasteiger partial charge in [0.05, 0.1) is 26.4 Å². The molecule has 0 saturated heterocycles. The lowest BCUT2D eigenvalue weighted by molar-refractivity contribution is -0.161. The Morgan fingerprint density at radius 2 is 0.551 bits per heavy atom. The molecular weight excluding hydrogens is 1390 g/mol. The van der Waals surface area contributed by atoms with Crippen LogP contribution in [0, 0.1) is 11.8 Å². The Morgan fingerprint density at radius 3 is 0.841 bits per heavy atom. The summed E-state index contributed by atoms with van der Waals surface area (Å²) in [7, 11) is -9.94. The van der Waals surface area contributed by atoms with Gasteiger partial charge in [-0.2, -0.15) is 0 Å². The zero-order valence-electron chi connectivity index (χ0n) is 69.9. The number of hydrogen-bond acceptors (Lipinski definition) is 15. The molecule has 3 N–H and O–H groups in total. The summed E-state index contributed by atoms with van der Waals surface area (Å²) in [6, 6.07) is 0. The molecule has 0 amide bonds. The fourth-order valence-electron chi connectivity index (χ4n) is 13.2. The average Bonchev–Trinajstić information content (AvgIpc) is 0.901. The smallest absolute Gasteiger partial charge is 0.462 e. The summed E-state index contributed by atoms with van der Waals surface area (Å²) in [6.45, 7) is 9.71. The van der Waals surface area contributed by atoms with Crippen LogP contribution >= 0.6 is 15.6 Å². The highest BCUT2D eigenvalue weighted by molar-refractivity contribution is 7.47. The number of rotatable bonds is 85. The Morgan fingerprint density at radius 1 is 0.308 bits per heavy atom. The average molecular weight is 1560 g/mol. The van der Waals surface area contributed by atoms with E-state index in [0.29, 0.717) is 25.7 Å². The maximum absolute atomic E-state index is 13.2. The van der Waals surface area contributed by atoms with E-state index in [1.807, 2.05) is 0 Å². The summed E-state index contributed by atoms with van der Waals surface area (Å²) < 4.78 is 68.9. The molecular formula is C88H168O17P2. The molecule has 0 rings (SSSR count). The maximum atomic E-state index is 13.2. The molecule has 0 fully saturated rings. The third-order valence-electron chi connectivity index (χ3n) is 20.4. The Hall–Kier alpha value is -2.46. The van der Waals surface area contributed by atoms with Crippen molar-refractivity contribution in [3.05, 3.63) is 24.3 Å². The van der Waals surface area contributed by atoms with Crippen molar-refractivity contribution in [2.24, 2.45) is 11.8 Å². The second kappa shape index (κ2) is 78.8. The fourth-order valence-corrected chi connectivity index (χ4v) is 14.8. The highest BCUT2D eigenvalue weighted by atomic mass is 31.2. The third-order valence-corrected chi connectivity index (χ3v) is 22.3. The molecule has 0 aliphatic carbocycles. The molecule has 19 heteroatoms. The van der Waals surface area contributed by atoms with Crippen molar-refractivity contribution in [3.8, 4) is 0 Å². The predicted octanol–water partition coefficient (Wildman–Crippen LogP) is 26.6. The van der Waals surface area contributed by atoms with Crippen molar-refractivity contribution in [2.45, 2.75) is 464 Å². The largest absolute Gasteiger partial charge is 0.472 e. The van der Waals surface area contributed by atoms with Crippen LogP contribution in [0.4, 0.5) is 0 Å². The van der Waals surface area contributed by atoms with E-state index in [4.69, 9.17) is 37.0 Å². The van der Waals surface area contributed by atoms with Crippen LogP contribution in [-0.2, 0) is 65.4 Å². The third kappa shape index (κ3) is 80.0. The Balaban J connectivity index is 5.26. The van der Waals surface area contributed by atoms with E-state index in [2.05, 4.69) is 65.8 Å². The van der Waals surface area contributed by atoms with Gasteiger partial charge < -0.3 is 33.8 Å². The first-order valence-corrected chi connectivity index (χ1v) is 47.8. The van der Waals surface area contributed by atoms with Crippen LogP contribution in [0.15, 0.2) is 24.3 Å². The van der Waals surface area contributed by atoms with Gasteiger partial charge in [-0.15, -0.1) is 0 Å². The number of phosphoric acid groups is 2. The summed E-state index contributed by atoms with van der Waals surface area (Å²) in [6.07, 6.45) is 74.3. The minimum Gasteiger partial charge on any atom is -0.462 e. The molecule has 107 heavy (non-hydrogen) atoms. The Kier molecular flexibility index (Phi) is 77.0. The van der Waals surface area contributed by atoms with E-state index in [1.165, 1.54) is 250 Å². The molecule has 0 radical (unpaired) electrons. The van der Waals surface area contributed by atoms with Gasteiger partial charge in [-0.1, -0.05) is 393 Å². The van der Waals surface area contributed by atoms with Crippen molar-refractivity contribution in [2.75, 3.05) is 39.6 Å². The molecule has 6 atom stereocenters. The van der Waals surface area contributed by atoms with Gasteiger partial charge in [0.1, 0.15) is 19.3 Å². The van der Waals surface area contributed by atoms with Crippen LogP contribution in [-0.4, -0.2) is 96.7 Å². The molecule has 0 aromatic rings. The molecule has 17 nitrogen and oxygen atoms in total. The van der Waals surface area contributed by atoms with E-state index < -0.39 is 97.5 Å². The number of unbranched alkanes of at least 4 members (excludes halogenated alkanes) is 51. The standard InChI is InChI=1S/C88H168O17P2/c1-7-10-12-14-16-18-20-21-28-36-42-48-54-60-66-72-87(92)104-83(76-98-85(90)70-64-58-52-46-38-19-17-15-13-11-8-2)78-102-106(94,95)100-74-82(89)75-101-107(96,97)103-79-84(77-99-86(91)71-65-59-53-47-41-35-31-27-26-29-33-39-44-50-56-62-68-80(4)5)105-88(93)73-67-61-55-49-43-37-32-25-23-22-24-30-34-40-45-51-57-63-69-81(6)9-3/h18,20-21,28,80-84,89H,7-17,19,22-27,29-79H2,1-6H3,(H,94,95)(H,96,97)/b20-18-,28-21-/t81?,82-,83+,84+/m0/s1. The van der Waals surface area contributed by atoms with Crippen molar-refractivity contribution in [1.29, 1.82) is 0 Å². The van der Waals surface area contributed by atoms with Gasteiger partial charge in [0.2, 0.25) is 0 Å². The van der Waals surface area contributed by atoms with Crippen LogP contribution < -0.4 is 0 Å². The minimum absolute atomic E-state index is 0.0856. The van der Waals surface area contributed by atoms with Crippen molar-refractivity contribution in [3.63, 3.8) is 0 Å². The van der Waals surface area contributed by atoms with Gasteiger partial charge in [-0.3, -0.25) is 37.3 Å². The number of ether oxygens (including phenoxy) is 4. The monoisotopic (exact) mass is 1560 g/mol.